The second-order valence-corrected chi connectivity index (χ2v) is 7.81. The highest BCUT2D eigenvalue weighted by Gasteiger charge is 2.16. The molecule has 0 aliphatic rings. The highest BCUT2D eigenvalue weighted by Crippen LogP contribution is 2.17. The third-order valence-electron chi connectivity index (χ3n) is 4.51. The number of halogens is 1. The molecule has 1 amide bonds. The number of amides is 1. The van der Waals surface area contributed by atoms with E-state index in [1.54, 1.807) is 85.9 Å². The van der Waals surface area contributed by atoms with Crippen LogP contribution in [0.5, 0.6) is 0 Å². The molecule has 1 heterocycles. The van der Waals surface area contributed by atoms with E-state index >= 15 is 0 Å². The van der Waals surface area contributed by atoms with Crippen LogP contribution in [0.1, 0.15) is 31.8 Å². The van der Waals surface area contributed by atoms with Crippen LogP contribution in [-0.4, -0.2) is 41.5 Å². The number of Topliss-reactive ketones (excluding diaryl/α,β-unsaturated/α-hetero) is 1. The summed E-state index contributed by atoms with van der Waals surface area (Å²) in [7, 11) is 3.60. The molecule has 0 unspecified atom stereocenters. The van der Waals surface area contributed by atoms with E-state index in [2.05, 4.69) is 26.2 Å². The molecule has 30 heavy (non-hydrogen) atoms. The van der Waals surface area contributed by atoms with E-state index in [1.165, 1.54) is 0 Å². The van der Waals surface area contributed by atoms with E-state index in [0.29, 0.717) is 28.3 Å². The summed E-state index contributed by atoms with van der Waals surface area (Å²) in [6.07, 6.45) is 1.70. The molecule has 2 N–H and O–H groups in total. The summed E-state index contributed by atoms with van der Waals surface area (Å²) in [5, 5.41) is 10.8. The predicted octanol–water partition coefficient (Wildman–Crippen LogP) is 4.41. The number of amidine groups is 1. The number of hydrogen-bond donors (Lipinski definition) is 2. The molecule has 6 nitrogen and oxygen atoms in total. The highest BCUT2D eigenvalue weighted by molar-refractivity contribution is 9.10. The van der Waals surface area contributed by atoms with Crippen molar-refractivity contribution in [1.82, 2.24) is 9.88 Å². The summed E-state index contributed by atoms with van der Waals surface area (Å²) >= 11 is 3.31. The minimum absolute atomic E-state index is 0.0973. The molecule has 1 aromatic heterocycles. The number of pyridine rings is 1. The van der Waals surface area contributed by atoms with Gasteiger partial charge in [0.15, 0.2) is 5.78 Å². The SMILES string of the molecule is CN(C)C(=N)c1ccc(C(=O)Cc2ccccc2C(=O)Nc2ccc(Br)cn2)cc1. The van der Waals surface area contributed by atoms with Gasteiger partial charge in [-0.1, -0.05) is 42.5 Å². The lowest BCUT2D eigenvalue weighted by Crippen LogP contribution is -2.21. The average molecular weight is 465 g/mol. The zero-order valence-electron chi connectivity index (χ0n) is 16.6. The number of ketones is 1. The molecular formula is C23H21BrN4O2. The number of benzene rings is 2. The molecule has 0 atom stereocenters. The smallest absolute Gasteiger partial charge is 0.257 e. The molecule has 0 spiro atoms. The fourth-order valence-corrected chi connectivity index (χ4v) is 3.11. The number of aromatic nitrogens is 1. The maximum Gasteiger partial charge on any atom is 0.257 e. The molecule has 0 radical (unpaired) electrons. The van der Waals surface area contributed by atoms with Gasteiger partial charge in [0.05, 0.1) is 0 Å². The molecular weight excluding hydrogens is 444 g/mol. The van der Waals surface area contributed by atoms with Gasteiger partial charge in [-0.05, 0) is 39.7 Å². The van der Waals surface area contributed by atoms with Crippen LogP contribution in [0.3, 0.4) is 0 Å². The monoisotopic (exact) mass is 464 g/mol. The topological polar surface area (TPSA) is 86.2 Å². The van der Waals surface area contributed by atoms with Crippen LogP contribution >= 0.6 is 15.9 Å². The van der Waals surface area contributed by atoms with Crippen molar-refractivity contribution >= 4 is 39.3 Å². The van der Waals surface area contributed by atoms with Crippen LogP contribution in [0.15, 0.2) is 71.3 Å². The van der Waals surface area contributed by atoms with Gasteiger partial charge in [0.2, 0.25) is 0 Å². The van der Waals surface area contributed by atoms with Crippen LogP contribution in [0, 0.1) is 5.41 Å². The maximum absolute atomic E-state index is 12.8. The molecule has 2 aromatic carbocycles. The van der Waals surface area contributed by atoms with Crippen molar-refractivity contribution in [2.75, 3.05) is 19.4 Å². The Hall–Kier alpha value is -3.32. The molecule has 3 aromatic rings. The van der Waals surface area contributed by atoms with Crippen molar-refractivity contribution in [3.63, 3.8) is 0 Å². The number of hydrogen-bond acceptors (Lipinski definition) is 4. The van der Waals surface area contributed by atoms with Gasteiger partial charge in [-0.25, -0.2) is 4.98 Å². The summed E-state index contributed by atoms with van der Waals surface area (Å²) in [6.45, 7) is 0. The molecule has 0 bridgehead atoms. The third-order valence-corrected chi connectivity index (χ3v) is 4.98. The van der Waals surface area contributed by atoms with Crippen molar-refractivity contribution in [1.29, 1.82) is 5.41 Å². The number of carbonyl (C=O) groups is 2. The lowest BCUT2D eigenvalue weighted by molar-refractivity contribution is 0.0992. The molecule has 3 rings (SSSR count). The lowest BCUT2D eigenvalue weighted by atomic mass is 9.97. The predicted molar refractivity (Wildman–Crippen MR) is 121 cm³/mol. The highest BCUT2D eigenvalue weighted by atomic mass is 79.9. The van der Waals surface area contributed by atoms with E-state index in [4.69, 9.17) is 5.41 Å². The van der Waals surface area contributed by atoms with Crippen LogP contribution in [0.2, 0.25) is 0 Å². The van der Waals surface area contributed by atoms with Crippen molar-refractivity contribution in [2.45, 2.75) is 6.42 Å². The first-order valence-corrected chi connectivity index (χ1v) is 10.0. The Labute approximate surface area is 183 Å². The fourth-order valence-electron chi connectivity index (χ4n) is 2.88. The Kier molecular flexibility index (Phi) is 6.74. The van der Waals surface area contributed by atoms with Crippen LogP contribution in [0.4, 0.5) is 5.82 Å². The van der Waals surface area contributed by atoms with Gasteiger partial charge >= 0.3 is 0 Å². The Balaban J connectivity index is 1.75. The summed E-state index contributed by atoms with van der Waals surface area (Å²) in [6, 6.07) is 17.5. The molecule has 0 aliphatic carbocycles. The van der Waals surface area contributed by atoms with Gasteiger partial charge in [-0.15, -0.1) is 0 Å². The summed E-state index contributed by atoms with van der Waals surface area (Å²) in [5.41, 5.74) is 2.34. The van der Waals surface area contributed by atoms with E-state index in [-0.39, 0.29) is 18.1 Å². The third kappa shape index (κ3) is 5.18. The molecule has 7 heteroatoms. The average Bonchev–Trinajstić information content (AvgIpc) is 2.75. The zero-order chi connectivity index (χ0) is 21.7. The van der Waals surface area contributed by atoms with Gasteiger partial charge < -0.3 is 10.2 Å². The van der Waals surface area contributed by atoms with E-state index < -0.39 is 0 Å². The van der Waals surface area contributed by atoms with E-state index in [9.17, 15) is 9.59 Å². The molecule has 0 saturated heterocycles. The second kappa shape index (κ2) is 9.45. The Morgan fingerprint density at radius 3 is 2.30 bits per heavy atom. The van der Waals surface area contributed by atoms with Crippen LogP contribution < -0.4 is 5.32 Å². The summed E-state index contributed by atoms with van der Waals surface area (Å²) < 4.78 is 0.818. The maximum atomic E-state index is 12.8. The number of nitrogens with one attached hydrogen (secondary N) is 2. The Morgan fingerprint density at radius 1 is 1.00 bits per heavy atom. The normalized spacial score (nSPS) is 10.4. The molecule has 152 valence electrons. The molecule has 0 aliphatic heterocycles. The Bertz CT molecular complexity index is 1080. The fraction of sp³-hybridized carbons (Fsp3) is 0.130. The number of anilines is 1. The second-order valence-electron chi connectivity index (χ2n) is 6.89. The summed E-state index contributed by atoms with van der Waals surface area (Å²) in [5.74, 6) is 0.392. The van der Waals surface area contributed by atoms with Gasteiger partial charge in [-0.3, -0.25) is 15.0 Å². The minimum atomic E-state index is -0.317. The van der Waals surface area contributed by atoms with Gasteiger partial charge in [0.25, 0.3) is 5.91 Å². The van der Waals surface area contributed by atoms with Crippen molar-refractivity contribution in [3.05, 3.63) is 93.6 Å². The first-order valence-electron chi connectivity index (χ1n) is 9.25. The van der Waals surface area contributed by atoms with E-state index in [0.717, 1.165) is 10.0 Å². The Morgan fingerprint density at radius 2 is 1.67 bits per heavy atom. The minimum Gasteiger partial charge on any atom is -0.363 e. The largest absolute Gasteiger partial charge is 0.363 e. The van der Waals surface area contributed by atoms with Gasteiger partial charge in [0, 0.05) is 47.9 Å². The molecule has 0 saturated carbocycles. The summed E-state index contributed by atoms with van der Waals surface area (Å²) in [4.78, 5) is 31.4. The van der Waals surface area contributed by atoms with Crippen LogP contribution in [-0.2, 0) is 6.42 Å². The lowest BCUT2D eigenvalue weighted by Gasteiger charge is -2.14. The standard InChI is InChI=1S/C23H21BrN4O2/c1-28(2)22(25)16-9-7-15(8-10-16)20(29)13-17-5-3-4-6-19(17)23(30)27-21-12-11-18(24)14-26-21/h3-12,14,25H,13H2,1-2H3,(H,26,27,30). The molecule has 0 fully saturated rings. The van der Waals surface area contributed by atoms with Crippen molar-refractivity contribution in [3.8, 4) is 0 Å². The zero-order valence-corrected chi connectivity index (χ0v) is 18.2. The van der Waals surface area contributed by atoms with Gasteiger partial charge in [0.1, 0.15) is 11.7 Å². The van der Waals surface area contributed by atoms with Crippen molar-refractivity contribution < 1.29 is 9.59 Å². The van der Waals surface area contributed by atoms with Gasteiger partial charge in [-0.2, -0.15) is 0 Å². The number of nitrogens with zero attached hydrogens (tertiary/aromatic N) is 2. The number of carbonyl (C=O) groups excluding carboxylic acids is 2. The first kappa shape index (κ1) is 21.4. The van der Waals surface area contributed by atoms with Crippen molar-refractivity contribution in [2.24, 2.45) is 0 Å². The quantitative estimate of drug-likeness (QED) is 0.321. The number of rotatable bonds is 6. The van der Waals surface area contributed by atoms with E-state index in [1.807, 2.05) is 0 Å². The van der Waals surface area contributed by atoms with Crippen LogP contribution in [0.25, 0.3) is 0 Å². The first-order chi connectivity index (χ1) is 14.3.